The number of pyridine rings is 1. The summed E-state index contributed by atoms with van der Waals surface area (Å²) in [6.45, 7) is 4.86. The van der Waals surface area contributed by atoms with Gasteiger partial charge < -0.3 is 9.88 Å². The molecule has 0 aliphatic heterocycles. The summed E-state index contributed by atoms with van der Waals surface area (Å²) >= 11 is 0. The van der Waals surface area contributed by atoms with Crippen LogP contribution in [0.5, 0.6) is 0 Å². The van der Waals surface area contributed by atoms with E-state index in [2.05, 4.69) is 11.9 Å². The Kier molecular flexibility index (Phi) is 5.36. The first-order valence-corrected chi connectivity index (χ1v) is 7.88. The molecule has 1 aromatic heterocycles. The molecule has 0 unspecified atom stereocenters. The van der Waals surface area contributed by atoms with Gasteiger partial charge in [0.15, 0.2) is 0 Å². The van der Waals surface area contributed by atoms with Crippen molar-refractivity contribution in [3.8, 4) is 0 Å². The van der Waals surface area contributed by atoms with Gasteiger partial charge in [-0.3, -0.25) is 9.59 Å². The zero-order valence-corrected chi connectivity index (χ0v) is 13.6. The third kappa shape index (κ3) is 3.75. The Hall–Kier alpha value is -2.10. The largest absolute Gasteiger partial charge is 0.346 e. The fourth-order valence-corrected chi connectivity index (χ4v) is 2.57. The van der Waals surface area contributed by atoms with Gasteiger partial charge in [0.1, 0.15) is 0 Å². The SMILES string of the molecule is CCCCN(C)C(=O)CCc1cc2cccc(C)c2[nH]c1=O. The lowest BCUT2D eigenvalue weighted by atomic mass is 10.1. The van der Waals surface area contributed by atoms with Crippen LogP contribution in [0.25, 0.3) is 10.9 Å². The Balaban J connectivity index is 2.10. The molecule has 2 aromatic rings. The highest BCUT2D eigenvalue weighted by Crippen LogP contribution is 2.15. The second-order valence-corrected chi connectivity index (χ2v) is 5.83. The summed E-state index contributed by atoms with van der Waals surface area (Å²) in [5.41, 5.74) is 2.51. The Labute approximate surface area is 131 Å². The number of fused-ring (bicyclic) bond motifs is 1. The number of benzene rings is 1. The summed E-state index contributed by atoms with van der Waals surface area (Å²) in [6, 6.07) is 7.84. The number of nitrogens with zero attached hydrogens (tertiary/aromatic N) is 1. The Morgan fingerprint density at radius 3 is 2.82 bits per heavy atom. The second-order valence-electron chi connectivity index (χ2n) is 5.83. The highest BCUT2D eigenvalue weighted by Gasteiger charge is 2.11. The van der Waals surface area contributed by atoms with Crippen molar-refractivity contribution in [3.63, 3.8) is 0 Å². The molecule has 1 aromatic carbocycles. The van der Waals surface area contributed by atoms with E-state index in [-0.39, 0.29) is 11.5 Å². The van der Waals surface area contributed by atoms with Crippen molar-refractivity contribution in [1.82, 2.24) is 9.88 Å². The molecule has 0 saturated heterocycles. The molecule has 0 aliphatic rings. The van der Waals surface area contributed by atoms with Gasteiger partial charge >= 0.3 is 0 Å². The fraction of sp³-hybridized carbons (Fsp3) is 0.444. The number of rotatable bonds is 6. The summed E-state index contributed by atoms with van der Waals surface area (Å²) in [5, 5.41) is 1.02. The molecule has 0 saturated carbocycles. The highest BCUT2D eigenvalue weighted by atomic mass is 16.2. The molecule has 1 heterocycles. The number of para-hydroxylation sites is 1. The van der Waals surface area contributed by atoms with E-state index >= 15 is 0 Å². The minimum absolute atomic E-state index is 0.0918. The summed E-state index contributed by atoms with van der Waals surface area (Å²) in [5.74, 6) is 0.0946. The van der Waals surface area contributed by atoms with Crippen molar-refractivity contribution >= 4 is 16.8 Å². The maximum absolute atomic E-state index is 12.2. The maximum Gasteiger partial charge on any atom is 0.251 e. The van der Waals surface area contributed by atoms with E-state index in [1.807, 2.05) is 38.2 Å². The van der Waals surface area contributed by atoms with Gasteiger partial charge in [-0.15, -0.1) is 0 Å². The summed E-state index contributed by atoms with van der Waals surface area (Å²) in [6.07, 6.45) is 2.94. The number of carbonyl (C=O) groups excluding carboxylic acids is 1. The lowest BCUT2D eigenvalue weighted by molar-refractivity contribution is -0.129. The van der Waals surface area contributed by atoms with Gasteiger partial charge in [0, 0.05) is 25.6 Å². The van der Waals surface area contributed by atoms with Gasteiger partial charge in [0.2, 0.25) is 5.91 Å². The molecule has 2 rings (SSSR count). The van der Waals surface area contributed by atoms with Gasteiger partial charge in [-0.2, -0.15) is 0 Å². The van der Waals surface area contributed by atoms with Crippen LogP contribution in [0.4, 0.5) is 0 Å². The third-order valence-corrected chi connectivity index (χ3v) is 4.05. The Morgan fingerprint density at radius 2 is 2.09 bits per heavy atom. The van der Waals surface area contributed by atoms with E-state index in [1.165, 1.54) is 0 Å². The maximum atomic E-state index is 12.2. The monoisotopic (exact) mass is 300 g/mol. The van der Waals surface area contributed by atoms with Crippen molar-refractivity contribution in [2.24, 2.45) is 0 Å². The molecule has 4 heteroatoms. The number of hydrogen-bond acceptors (Lipinski definition) is 2. The summed E-state index contributed by atoms with van der Waals surface area (Å²) in [4.78, 5) is 28.9. The van der Waals surface area contributed by atoms with Crippen LogP contribution in [-0.4, -0.2) is 29.4 Å². The fourth-order valence-electron chi connectivity index (χ4n) is 2.57. The first-order chi connectivity index (χ1) is 10.5. The van der Waals surface area contributed by atoms with Crippen molar-refractivity contribution in [3.05, 3.63) is 45.7 Å². The van der Waals surface area contributed by atoms with Gasteiger partial charge in [-0.05, 0) is 36.8 Å². The van der Waals surface area contributed by atoms with Crippen molar-refractivity contribution in [2.75, 3.05) is 13.6 Å². The Morgan fingerprint density at radius 1 is 1.32 bits per heavy atom. The number of nitrogens with one attached hydrogen (secondary N) is 1. The predicted molar refractivity (Wildman–Crippen MR) is 90.2 cm³/mol. The topological polar surface area (TPSA) is 53.2 Å². The van der Waals surface area contributed by atoms with Crippen LogP contribution in [0, 0.1) is 6.92 Å². The van der Waals surface area contributed by atoms with E-state index in [0.29, 0.717) is 18.4 Å². The predicted octanol–water partition coefficient (Wildman–Crippen LogP) is 3.03. The van der Waals surface area contributed by atoms with Gasteiger partial charge in [0.25, 0.3) is 5.56 Å². The van der Waals surface area contributed by atoms with E-state index in [1.54, 1.807) is 4.90 Å². The lowest BCUT2D eigenvalue weighted by Gasteiger charge is -2.16. The zero-order valence-electron chi connectivity index (χ0n) is 13.6. The molecule has 0 atom stereocenters. The lowest BCUT2D eigenvalue weighted by Crippen LogP contribution is -2.28. The van der Waals surface area contributed by atoms with Crippen LogP contribution < -0.4 is 5.56 Å². The average molecular weight is 300 g/mol. The molecule has 118 valence electrons. The smallest absolute Gasteiger partial charge is 0.251 e. The van der Waals surface area contributed by atoms with E-state index in [4.69, 9.17) is 0 Å². The third-order valence-electron chi connectivity index (χ3n) is 4.05. The number of aromatic amines is 1. The number of H-pyrrole nitrogens is 1. The van der Waals surface area contributed by atoms with Crippen LogP contribution in [0.3, 0.4) is 0 Å². The van der Waals surface area contributed by atoms with E-state index in [0.717, 1.165) is 35.9 Å². The van der Waals surface area contributed by atoms with E-state index < -0.39 is 0 Å². The second kappa shape index (κ2) is 7.25. The first kappa shape index (κ1) is 16.3. The van der Waals surface area contributed by atoms with Crippen molar-refractivity contribution in [1.29, 1.82) is 0 Å². The number of hydrogen-bond donors (Lipinski definition) is 1. The Bertz CT molecular complexity index is 719. The van der Waals surface area contributed by atoms with Crippen LogP contribution in [0.15, 0.2) is 29.1 Å². The normalized spacial score (nSPS) is 10.9. The standard InChI is InChI=1S/C18H24N2O2/c1-4-5-11-20(3)16(21)10-9-15-12-14-8-6-7-13(2)17(14)19-18(15)22/h6-8,12H,4-5,9-11H2,1-3H3,(H,19,22). The molecule has 0 bridgehead atoms. The summed E-state index contributed by atoms with van der Waals surface area (Å²) in [7, 11) is 1.83. The van der Waals surface area contributed by atoms with Crippen LogP contribution in [0.2, 0.25) is 0 Å². The number of aromatic nitrogens is 1. The van der Waals surface area contributed by atoms with Crippen LogP contribution in [0.1, 0.15) is 37.3 Å². The zero-order chi connectivity index (χ0) is 16.1. The van der Waals surface area contributed by atoms with E-state index in [9.17, 15) is 9.59 Å². The molecule has 1 N–H and O–H groups in total. The number of amides is 1. The molecule has 4 nitrogen and oxygen atoms in total. The van der Waals surface area contributed by atoms with Gasteiger partial charge in [-0.25, -0.2) is 0 Å². The summed E-state index contributed by atoms with van der Waals surface area (Å²) < 4.78 is 0. The quantitative estimate of drug-likeness (QED) is 0.891. The molecular formula is C18H24N2O2. The van der Waals surface area contributed by atoms with Gasteiger partial charge in [0.05, 0.1) is 5.52 Å². The number of aryl methyl sites for hydroxylation is 2. The molecular weight excluding hydrogens is 276 g/mol. The molecule has 1 amide bonds. The molecule has 22 heavy (non-hydrogen) atoms. The minimum Gasteiger partial charge on any atom is -0.346 e. The van der Waals surface area contributed by atoms with Crippen molar-refractivity contribution in [2.45, 2.75) is 39.5 Å². The highest BCUT2D eigenvalue weighted by molar-refractivity contribution is 5.82. The van der Waals surface area contributed by atoms with Crippen LogP contribution >= 0.6 is 0 Å². The van der Waals surface area contributed by atoms with Crippen molar-refractivity contribution < 1.29 is 4.79 Å². The molecule has 0 aliphatic carbocycles. The van der Waals surface area contributed by atoms with Crippen LogP contribution in [-0.2, 0) is 11.2 Å². The first-order valence-electron chi connectivity index (χ1n) is 7.88. The minimum atomic E-state index is -0.0918. The number of unbranched alkanes of at least 4 members (excludes halogenated alkanes) is 1. The molecule has 0 radical (unpaired) electrons. The number of carbonyl (C=O) groups is 1. The molecule has 0 spiro atoms. The average Bonchev–Trinajstić information content (AvgIpc) is 2.51. The van der Waals surface area contributed by atoms with Gasteiger partial charge in [-0.1, -0.05) is 31.5 Å². The molecule has 0 fully saturated rings.